The Morgan fingerprint density at radius 2 is 2.07 bits per heavy atom. The van der Waals surface area contributed by atoms with Crippen molar-refractivity contribution in [3.05, 3.63) is 47.9 Å². The van der Waals surface area contributed by atoms with Gasteiger partial charge < -0.3 is 4.40 Å². The van der Waals surface area contributed by atoms with Crippen molar-refractivity contribution in [3.8, 4) is 11.4 Å². The second kappa shape index (κ2) is 6.13. The molecule has 1 saturated carbocycles. The van der Waals surface area contributed by atoms with Gasteiger partial charge in [0.1, 0.15) is 32.9 Å². The average molecular weight is 395 g/mol. The second-order valence-electron chi connectivity index (χ2n) is 6.69. The Hall–Kier alpha value is -2.26. The molecule has 27 heavy (non-hydrogen) atoms. The van der Waals surface area contributed by atoms with Crippen molar-refractivity contribution >= 4 is 15.8 Å². The van der Waals surface area contributed by atoms with Crippen LogP contribution in [0.4, 0.5) is 13.2 Å². The van der Waals surface area contributed by atoms with Crippen LogP contribution in [0.3, 0.4) is 0 Å². The maximum absolute atomic E-state index is 12.9. The molecule has 1 aliphatic carbocycles. The second-order valence-corrected chi connectivity index (χ2v) is 9.11. The van der Waals surface area contributed by atoms with Crippen LogP contribution in [0.1, 0.15) is 36.8 Å². The third-order valence-corrected chi connectivity index (χ3v) is 6.61. The topological polar surface area (TPSA) is 74.3 Å². The lowest BCUT2D eigenvalue weighted by molar-refractivity contribution is -0.137. The Morgan fingerprint density at radius 3 is 2.70 bits per heavy atom. The number of pyridine rings is 2. The molecule has 3 heterocycles. The van der Waals surface area contributed by atoms with E-state index in [9.17, 15) is 17.7 Å². The van der Waals surface area contributed by atoms with Crippen molar-refractivity contribution in [2.45, 2.75) is 36.8 Å². The Labute approximate surface area is 155 Å². The van der Waals surface area contributed by atoms with Gasteiger partial charge in [-0.2, -0.15) is 13.2 Å². The van der Waals surface area contributed by atoms with E-state index in [0.29, 0.717) is 22.2 Å². The molecule has 0 spiro atoms. The molecule has 1 atom stereocenters. The van der Waals surface area contributed by atoms with Gasteiger partial charge in [0.2, 0.25) is 0 Å². The van der Waals surface area contributed by atoms with Crippen LogP contribution in [0.25, 0.3) is 17.0 Å². The minimum atomic E-state index is -4.45. The molecule has 3 aromatic rings. The summed E-state index contributed by atoms with van der Waals surface area (Å²) in [6.45, 7) is 1.73. The SMILES string of the molecule is CC[S+](=N)(O)c1cc(C2CC2)cnc1-c1cn2ccc(C(F)(F)F)cc2n1. The minimum absolute atomic E-state index is 0.138. The number of hydrogen-bond donors (Lipinski definition) is 2. The highest BCUT2D eigenvalue weighted by Crippen LogP contribution is 2.42. The molecule has 1 unspecified atom stereocenters. The van der Waals surface area contributed by atoms with Gasteiger partial charge in [-0.3, -0.25) is 0 Å². The predicted molar refractivity (Wildman–Crippen MR) is 96.9 cm³/mol. The summed E-state index contributed by atoms with van der Waals surface area (Å²) in [6, 6.07) is 3.78. The Bertz CT molecular complexity index is 1070. The molecule has 9 heteroatoms. The first-order chi connectivity index (χ1) is 12.7. The normalized spacial score (nSPS) is 17.2. The molecule has 1 fully saturated rings. The van der Waals surface area contributed by atoms with Gasteiger partial charge in [0.05, 0.1) is 5.56 Å². The van der Waals surface area contributed by atoms with Crippen LogP contribution in [0.5, 0.6) is 0 Å². The number of aromatic nitrogens is 3. The molecule has 3 aromatic heterocycles. The van der Waals surface area contributed by atoms with E-state index in [1.807, 2.05) is 6.07 Å². The third kappa shape index (κ3) is 3.37. The number of alkyl halides is 3. The number of imidazole rings is 1. The van der Waals surface area contributed by atoms with Crippen LogP contribution in [0, 0.1) is 4.78 Å². The summed E-state index contributed by atoms with van der Waals surface area (Å²) in [5.74, 6) is 0.647. The van der Waals surface area contributed by atoms with E-state index in [4.69, 9.17) is 4.78 Å². The van der Waals surface area contributed by atoms with Crippen molar-refractivity contribution in [2.24, 2.45) is 0 Å². The molecule has 0 aliphatic heterocycles. The number of nitrogens with zero attached hydrogens (tertiary/aromatic N) is 3. The quantitative estimate of drug-likeness (QED) is 0.607. The van der Waals surface area contributed by atoms with Gasteiger partial charge >= 0.3 is 6.18 Å². The van der Waals surface area contributed by atoms with Crippen LogP contribution in [0.2, 0.25) is 0 Å². The van der Waals surface area contributed by atoms with Gasteiger partial charge in [-0.1, -0.05) is 0 Å². The number of hydrogen-bond acceptors (Lipinski definition) is 3. The molecule has 142 valence electrons. The van der Waals surface area contributed by atoms with Crippen molar-refractivity contribution in [1.82, 2.24) is 14.4 Å². The molecular weight excluding hydrogens is 377 g/mol. The van der Waals surface area contributed by atoms with Crippen LogP contribution in [0.15, 0.2) is 41.7 Å². The van der Waals surface area contributed by atoms with E-state index < -0.39 is 21.8 Å². The van der Waals surface area contributed by atoms with Crippen molar-refractivity contribution in [3.63, 3.8) is 0 Å². The predicted octanol–water partition coefficient (Wildman–Crippen LogP) is 5.06. The summed E-state index contributed by atoms with van der Waals surface area (Å²) in [7, 11) is -2.82. The molecule has 2 N–H and O–H groups in total. The Morgan fingerprint density at radius 1 is 1.33 bits per heavy atom. The van der Waals surface area contributed by atoms with E-state index in [2.05, 4.69) is 9.97 Å². The van der Waals surface area contributed by atoms with E-state index in [-0.39, 0.29) is 11.4 Å². The van der Waals surface area contributed by atoms with E-state index in [1.54, 1.807) is 19.3 Å². The lowest BCUT2D eigenvalue weighted by Crippen LogP contribution is -2.14. The standard InChI is InChI=1S/C18H18F3N4OS/c1-2-27(22,26)15-7-12(11-3-4-11)9-23-17(15)14-10-25-6-5-13(18(19,20)21)8-16(25)24-14/h5-11H,2-4H2,1H3,(H2,22,26)/q+1. The lowest BCUT2D eigenvalue weighted by Gasteiger charge is -2.11. The maximum atomic E-state index is 12.9. The van der Waals surface area contributed by atoms with Gasteiger partial charge in [-0.05, 0) is 43.4 Å². The molecular formula is C18H18F3N4OS+. The van der Waals surface area contributed by atoms with Gasteiger partial charge in [-0.25, -0.2) is 14.5 Å². The van der Waals surface area contributed by atoms with Crippen LogP contribution >= 0.6 is 0 Å². The maximum Gasteiger partial charge on any atom is 0.416 e. The van der Waals surface area contributed by atoms with E-state index in [0.717, 1.165) is 30.5 Å². The summed E-state index contributed by atoms with van der Waals surface area (Å²) in [5.41, 5.74) is 1.05. The van der Waals surface area contributed by atoms with Gasteiger partial charge in [0.15, 0.2) is 4.90 Å². The smallest absolute Gasteiger partial charge is 0.306 e. The highest BCUT2D eigenvalue weighted by Gasteiger charge is 2.33. The fraction of sp³-hybridized carbons (Fsp3) is 0.333. The largest absolute Gasteiger partial charge is 0.416 e. The minimum Gasteiger partial charge on any atom is -0.306 e. The summed E-state index contributed by atoms with van der Waals surface area (Å²) >= 11 is 0. The third-order valence-electron chi connectivity index (χ3n) is 4.73. The average Bonchev–Trinajstić information content (AvgIpc) is 3.38. The number of fused-ring (bicyclic) bond motifs is 1. The van der Waals surface area contributed by atoms with Gasteiger partial charge in [0, 0.05) is 24.7 Å². The Kier molecular flexibility index (Phi) is 4.12. The highest BCUT2D eigenvalue weighted by atomic mass is 32.3. The van der Waals surface area contributed by atoms with Crippen molar-refractivity contribution in [2.75, 3.05) is 5.75 Å². The lowest BCUT2D eigenvalue weighted by atomic mass is 10.1. The summed E-state index contributed by atoms with van der Waals surface area (Å²) in [4.78, 5) is 9.12. The zero-order valence-corrected chi connectivity index (χ0v) is 15.3. The molecule has 0 bridgehead atoms. The van der Waals surface area contributed by atoms with Crippen LogP contribution < -0.4 is 0 Å². The van der Waals surface area contributed by atoms with Gasteiger partial charge in [0.25, 0.3) is 0 Å². The first kappa shape index (κ1) is 18.1. The van der Waals surface area contributed by atoms with E-state index >= 15 is 0 Å². The molecule has 0 radical (unpaired) electrons. The zero-order valence-electron chi connectivity index (χ0n) is 14.5. The van der Waals surface area contributed by atoms with E-state index in [1.165, 1.54) is 10.6 Å². The van der Waals surface area contributed by atoms with Crippen molar-refractivity contribution < 1.29 is 17.7 Å². The summed E-state index contributed by atoms with van der Waals surface area (Å²) in [6.07, 6.45) is 2.26. The fourth-order valence-corrected chi connectivity index (χ4v) is 4.10. The Balaban J connectivity index is 1.86. The monoisotopic (exact) mass is 395 g/mol. The number of nitrogens with one attached hydrogen (secondary N) is 1. The fourth-order valence-electron chi connectivity index (χ4n) is 2.98. The summed E-state index contributed by atoms with van der Waals surface area (Å²) < 4.78 is 59.2. The summed E-state index contributed by atoms with van der Waals surface area (Å²) in [5, 5.41) is 0. The molecule has 0 aromatic carbocycles. The molecule has 4 rings (SSSR count). The first-order valence-electron chi connectivity index (χ1n) is 8.53. The van der Waals surface area contributed by atoms with Crippen LogP contribution in [-0.4, -0.2) is 24.7 Å². The van der Waals surface area contributed by atoms with Crippen LogP contribution in [-0.2, 0) is 16.3 Å². The first-order valence-corrected chi connectivity index (χ1v) is 10.3. The number of halogens is 3. The highest BCUT2D eigenvalue weighted by molar-refractivity contribution is 7.98. The van der Waals surface area contributed by atoms with Gasteiger partial charge in [-0.15, -0.1) is 4.78 Å². The molecule has 5 nitrogen and oxygen atoms in total. The molecule has 0 amide bonds. The zero-order chi connectivity index (χ0) is 19.4. The number of rotatable bonds is 4. The molecule has 1 aliphatic rings. The molecule has 0 saturated heterocycles. The van der Waals surface area contributed by atoms with Crippen molar-refractivity contribution in [1.29, 1.82) is 4.78 Å².